The average Bonchev–Trinajstić information content (AvgIpc) is 2.55. The number of ether oxygens (including phenoxy) is 1. The monoisotopic (exact) mass is 311 g/mol. The van der Waals surface area contributed by atoms with Crippen molar-refractivity contribution >= 4 is 33.4 Å². The Morgan fingerprint density at radius 2 is 1.72 bits per heavy atom. The highest BCUT2D eigenvalue weighted by molar-refractivity contribution is 9.10. The summed E-state index contributed by atoms with van der Waals surface area (Å²) in [4.78, 5) is 25.5. The lowest BCUT2D eigenvalue weighted by atomic mass is 10.00. The van der Waals surface area contributed by atoms with E-state index in [4.69, 9.17) is 4.74 Å². The molecular formula is C13H14BrNO3. The third kappa shape index (κ3) is 1.92. The van der Waals surface area contributed by atoms with Crippen LogP contribution >= 0.6 is 15.9 Å². The van der Waals surface area contributed by atoms with Gasteiger partial charge in [0.05, 0.1) is 12.8 Å². The summed E-state index contributed by atoms with van der Waals surface area (Å²) >= 11 is 3.36. The van der Waals surface area contributed by atoms with Gasteiger partial charge in [0.2, 0.25) is 11.8 Å². The molecule has 4 nitrogen and oxygen atoms in total. The van der Waals surface area contributed by atoms with Crippen molar-refractivity contribution in [1.82, 2.24) is 0 Å². The molecule has 0 spiro atoms. The Labute approximate surface area is 114 Å². The van der Waals surface area contributed by atoms with E-state index in [-0.39, 0.29) is 23.7 Å². The topological polar surface area (TPSA) is 46.6 Å². The minimum Gasteiger partial charge on any atom is -0.497 e. The van der Waals surface area contributed by atoms with Gasteiger partial charge in [-0.3, -0.25) is 9.59 Å². The van der Waals surface area contributed by atoms with Crippen LogP contribution in [0.4, 0.5) is 5.69 Å². The molecule has 2 rings (SSSR count). The SMILES string of the molecule is COc1ccc(Br)c(N2C(=O)C(C)C(C)C2=O)c1. The molecule has 1 aliphatic rings. The van der Waals surface area contributed by atoms with Crippen molar-refractivity contribution in [3.05, 3.63) is 22.7 Å². The van der Waals surface area contributed by atoms with Crippen molar-refractivity contribution in [2.75, 3.05) is 12.0 Å². The zero-order chi connectivity index (χ0) is 13.4. The molecule has 1 heterocycles. The number of amides is 2. The van der Waals surface area contributed by atoms with Crippen LogP contribution < -0.4 is 9.64 Å². The molecule has 1 aromatic rings. The molecule has 1 aliphatic heterocycles. The van der Waals surface area contributed by atoms with Gasteiger partial charge in [-0.25, -0.2) is 4.90 Å². The summed E-state index contributed by atoms with van der Waals surface area (Å²) in [5.41, 5.74) is 0.542. The number of methoxy groups -OCH3 is 1. The van der Waals surface area contributed by atoms with E-state index in [1.54, 1.807) is 39.2 Å². The van der Waals surface area contributed by atoms with Crippen LogP contribution in [0.3, 0.4) is 0 Å². The van der Waals surface area contributed by atoms with Gasteiger partial charge >= 0.3 is 0 Å². The van der Waals surface area contributed by atoms with Crippen molar-refractivity contribution in [3.63, 3.8) is 0 Å². The fraction of sp³-hybridized carbons (Fsp3) is 0.385. The zero-order valence-electron chi connectivity index (χ0n) is 10.4. The van der Waals surface area contributed by atoms with Crippen LogP contribution in [-0.4, -0.2) is 18.9 Å². The van der Waals surface area contributed by atoms with E-state index in [2.05, 4.69) is 15.9 Å². The molecule has 0 radical (unpaired) electrons. The second kappa shape index (κ2) is 4.72. The molecule has 0 bridgehead atoms. The van der Waals surface area contributed by atoms with Crippen molar-refractivity contribution in [3.8, 4) is 5.75 Å². The number of anilines is 1. The zero-order valence-corrected chi connectivity index (χ0v) is 12.0. The summed E-state index contributed by atoms with van der Waals surface area (Å²) in [5.74, 6) is -0.282. The average molecular weight is 312 g/mol. The summed E-state index contributed by atoms with van der Waals surface area (Å²) in [6.07, 6.45) is 0. The van der Waals surface area contributed by atoms with Gasteiger partial charge in [-0.2, -0.15) is 0 Å². The maximum Gasteiger partial charge on any atom is 0.237 e. The first-order valence-corrected chi connectivity index (χ1v) is 6.48. The summed E-state index contributed by atoms with van der Waals surface area (Å²) in [6, 6.07) is 5.22. The number of imide groups is 1. The molecule has 96 valence electrons. The Balaban J connectivity index is 2.49. The molecule has 0 N–H and O–H groups in total. The number of carbonyl (C=O) groups is 2. The van der Waals surface area contributed by atoms with Crippen molar-refractivity contribution < 1.29 is 14.3 Å². The van der Waals surface area contributed by atoms with E-state index >= 15 is 0 Å². The third-order valence-corrected chi connectivity index (χ3v) is 4.03. The molecule has 0 aromatic heterocycles. The highest BCUT2D eigenvalue weighted by Gasteiger charge is 2.43. The van der Waals surface area contributed by atoms with Crippen molar-refractivity contribution in [2.24, 2.45) is 11.8 Å². The van der Waals surface area contributed by atoms with E-state index in [1.807, 2.05) is 0 Å². The second-order valence-corrected chi connectivity index (χ2v) is 5.26. The quantitative estimate of drug-likeness (QED) is 0.789. The number of rotatable bonds is 2. The highest BCUT2D eigenvalue weighted by Crippen LogP contribution is 2.36. The van der Waals surface area contributed by atoms with Gasteiger partial charge in [-0.1, -0.05) is 13.8 Å². The van der Waals surface area contributed by atoms with Gasteiger partial charge in [-0.15, -0.1) is 0 Å². The molecule has 5 heteroatoms. The minimum absolute atomic E-state index is 0.165. The van der Waals surface area contributed by atoms with E-state index in [1.165, 1.54) is 4.90 Å². The molecule has 2 amide bonds. The van der Waals surface area contributed by atoms with Gasteiger partial charge in [0.25, 0.3) is 0 Å². The van der Waals surface area contributed by atoms with Gasteiger partial charge in [0, 0.05) is 22.4 Å². The number of benzene rings is 1. The Morgan fingerprint density at radius 3 is 2.22 bits per heavy atom. The fourth-order valence-electron chi connectivity index (χ4n) is 1.97. The maximum atomic E-state index is 12.1. The normalized spacial score (nSPS) is 23.7. The lowest BCUT2D eigenvalue weighted by molar-refractivity contribution is -0.122. The van der Waals surface area contributed by atoms with E-state index in [0.29, 0.717) is 15.9 Å². The lowest BCUT2D eigenvalue weighted by Gasteiger charge is -2.17. The van der Waals surface area contributed by atoms with Crippen LogP contribution in [-0.2, 0) is 9.59 Å². The maximum absolute atomic E-state index is 12.1. The predicted octanol–water partition coefficient (Wildman–Crippen LogP) is 2.60. The molecule has 2 unspecified atom stereocenters. The van der Waals surface area contributed by atoms with E-state index in [9.17, 15) is 9.59 Å². The summed E-state index contributed by atoms with van der Waals surface area (Å²) in [5, 5.41) is 0. The third-order valence-electron chi connectivity index (χ3n) is 3.36. The lowest BCUT2D eigenvalue weighted by Crippen LogP contribution is -2.30. The number of hydrogen-bond acceptors (Lipinski definition) is 3. The molecule has 2 atom stereocenters. The second-order valence-electron chi connectivity index (χ2n) is 4.41. The van der Waals surface area contributed by atoms with Crippen LogP contribution in [0.2, 0.25) is 0 Å². The van der Waals surface area contributed by atoms with Gasteiger partial charge in [0.1, 0.15) is 5.75 Å². The number of carbonyl (C=O) groups excluding carboxylic acids is 2. The fourth-order valence-corrected chi connectivity index (χ4v) is 2.40. The summed E-state index contributed by atoms with van der Waals surface area (Å²) in [7, 11) is 1.55. The van der Waals surface area contributed by atoms with Gasteiger partial charge in [0.15, 0.2) is 0 Å². The first-order chi connectivity index (χ1) is 8.47. The molecule has 1 fully saturated rings. The smallest absolute Gasteiger partial charge is 0.237 e. The minimum atomic E-state index is -0.282. The van der Waals surface area contributed by atoms with Crippen LogP contribution in [0.1, 0.15) is 13.8 Å². The number of halogens is 1. The van der Waals surface area contributed by atoms with Crippen molar-refractivity contribution in [2.45, 2.75) is 13.8 Å². The standard InChI is InChI=1S/C13H14BrNO3/c1-7-8(2)13(17)15(12(7)16)11-6-9(18-3)4-5-10(11)14/h4-8H,1-3H3. The first-order valence-electron chi connectivity index (χ1n) is 5.68. The Bertz CT molecular complexity index is 495. The summed E-state index contributed by atoms with van der Waals surface area (Å²) in [6.45, 7) is 3.55. The predicted molar refractivity (Wildman–Crippen MR) is 71.5 cm³/mol. The summed E-state index contributed by atoms with van der Waals surface area (Å²) < 4.78 is 5.82. The molecule has 0 aliphatic carbocycles. The largest absolute Gasteiger partial charge is 0.497 e. The van der Waals surface area contributed by atoms with Crippen molar-refractivity contribution in [1.29, 1.82) is 0 Å². The first kappa shape index (κ1) is 13.1. The Kier molecular flexibility index (Phi) is 3.43. The molecular weight excluding hydrogens is 298 g/mol. The molecule has 1 aromatic carbocycles. The van der Waals surface area contributed by atoms with Crippen LogP contribution in [0, 0.1) is 11.8 Å². The van der Waals surface area contributed by atoms with E-state index in [0.717, 1.165) is 0 Å². The molecule has 0 saturated carbocycles. The van der Waals surface area contributed by atoms with Crippen LogP contribution in [0.15, 0.2) is 22.7 Å². The van der Waals surface area contributed by atoms with Gasteiger partial charge in [-0.05, 0) is 28.1 Å². The Morgan fingerprint density at radius 1 is 1.17 bits per heavy atom. The highest BCUT2D eigenvalue weighted by atomic mass is 79.9. The molecule has 18 heavy (non-hydrogen) atoms. The molecule has 1 saturated heterocycles. The Hall–Kier alpha value is -1.36. The van der Waals surface area contributed by atoms with Crippen LogP contribution in [0.5, 0.6) is 5.75 Å². The van der Waals surface area contributed by atoms with Gasteiger partial charge < -0.3 is 4.74 Å². The van der Waals surface area contributed by atoms with Crippen LogP contribution in [0.25, 0.3) is 0 Å². The number of nitrogens with zero attached hydrogens (tertiary/aromatic N) is 1. The number of hydrogen-bond donors (Lipinski definition) is 0. The van der Waals surface area contributed by atoms with E-state index < -0.39 is 0 Å².